The Morgan fingerprint density at radius 2 is 2.00 bits per heavy atom. The van der Waals surface area contributed by atoms with Crippen LogP contribution in [-0.2, 0) is 6.54 Å². The van der Waals surface area contributed by atoms with Crippen LogP contribution in [0.3, 0.4) is 0 Å². The second-order valence-electron chi connectivity index (χ2n) is 7.59. The molecule has 4 aromatic rings. The average molecular weight is 376 g/mol. The Labute approximate surface area is 162 Å². The van der Waals surface area contributed by atoms with Crippen LogP contribution in [0.4, 0.5) is 5.69 Å². The highest BCUT2D eigenvalue weighted by Gasteiger charge is 2.22. The average Bonchev–Trinajstić information content (AvgIpc) is 2.97. The summed E-state index contributed by atoms with van der Waals surface area (Å²) < 4.78 is 2.11. The van der Waals surface area contributed by atoms with Crippen LogP contribution in [0, 0.1) is 0 Å². The van der Waals surface area contributed by atoms with E-state index in [1.54, 1.807) is 0 Å². The monoisotopic (exact) mass is 376 g/mol. The Balaban J connectivity index is 1.91. The minimum absolute atomic E-state index is 0.125. The van der Waals surface area contributed by atoms with E-state index in [0.29, 0.717) is 13.1 Å². The van der Waals surface area contributed by atoms with E-state index in [9.17, 15) is 5.11 Å². The van der Waals surface area contributed by atoms with Gasteiger partial charge < -0.3 is 14.9 Å². The van der Waals surface area contributed by atoms with Gasteiger partial charge in [0.2, 0.25) is 0 Å². The Hall–Kier alpha value is -2.77. The maximum absolute atomic E-state index is 9.56. The van der Waals surface area contributed by atoms with E-state index < -0.39 is 0 Å². The predicted octanol–water partition coefficient (Wildman–Crippen LogP) is 1.45. The van der Waals surface area contributed by atoms with E-state index in [1.807, 2.05) is 18.5 Å². The van der Waals surface area contributed by atoms with E-state index in [-0.39, 0.29) is 6.61 Å². The predicted molar refractivity (Wildman–Crippen MR) is 112 cm³/mol. The molecule has 7 nitrogen and oxygen atoms in total. The Bertz CT molecular complexity index is 1230. The van der Waals surface area contributed by atoms with Crippen molar-refractivity contribution in [2.45, 2.75) is 6.54 Å². The lowest BCUT2D eigenvalue weighted by molar-refractivity contribution is 0.302. The van der Waals surface area contributed by atoms with Crippen molar-refractivity contribution in [2.75, 3.05) is 51.8 Å². The third kappa shape index (κ3) is 2.54. The summed E-state index contributed by atoms with van der Waals surface area (Å²) in [5.41, 5.74) is 3.27. The van der Waals surface area contributed by atoms with Crippen LogP contribution in [-0.4, -0.2) is 71.7 Å². The van der Waals surface area contributed by atoms with E-state index in [0.717, 1.165) is 57.9 Å². The lowest BCUT2D eigenvalue weighted by atomic mass is 10.00. The van der Waals surface area contributed by atoms with Gasteiger partial charge in [0.1, 0.15) is 5.52 Å². The first-order valence-electron chi connectivity index (χ1n) is 9.72. The molecule has 0 bridgehead atoms. The molecule has 0 saturated carbocycles. The zero-order valence-corrected chi connectivity index (χ0v) is 16.3. The number of benzene rings is 2. The van der Waals surface area contributed by atoms with Crippen molar-refractivity contribution < 1.29 is 5.11 Å². The molecule has 1 aliphatic rings. The summed E-state index contributed by atoms with van der Waals surface area (Å²) in [4.78, 5) is 13.7. The molecule has 0 atom stereocenters. The molecule has 7 heteroatoms. The van der Waals surface area contributed by atoms with Gasteiger partial charge in [-0.2, -0.15) is 5.10 Å². The molecule has 144 valence electrons. The second-order valence-corrected chi connectivity index (χ2v) is 7.59. The molecular weight excluding hydrogens is 352 g/mol. The van der Waals surface area contributed by atoms with Gasteiger partial charge in [-0.25, -0.2) is 0 Å². The summed E-state index contributed by atoms with van der Waals surface area (Å²) >= 11 is 0. The number of fused-ring (bicyclic) bond motifs is 3. The molecule has 0 aliphatic carbocycles. The second kappa shape index (κ2) is 6.68. The first-order chi connectivity index (χ1) is 13.7. The van der Waals surface area contributed by atoms with E-state index in [2.05, 4.69) is 45.7 Å². The fourth-order valence-corrected chi connectivity index (χ4v) is 4.26. The van der Waals surface area contributed by atoms with Crippen molar-refractivity contribution in [3.05, 3.63) is 36.0 Å². The van der Waals surface area contributed by atoms with Gasteiger partial charge in [-0.05, 0) is 32.3 Å². The lowest BCUT2D eigenvalue weighted by Gasteiger charge is -2.23. The van der Waals surface area contributed by atoms with Crippen LogP contribution in [0.15, 0.2) is 35.6 Å². The van der Waals surface area contributed by atoms with Crippen LogP contribution in [0.2, 0.25) is 0 Å². The molecule has 0 saturated heterocycles. The van der Waals surface area contributed by atoms with Gasteiger partial charge in [0.15, 0.2) is 0 Å². The number of likely N-dealkylation sites (N-methyl/N-ethyl adjacent to an activating group) is 1. The van der Waals surface area contributed by atoms with Crippen LogP contribution in [0.5, 0.6) is 0 Å². The standard InChI is InChI=1S/C21H24N6O/c1-25(2)9-10-27-17-4-3-16-18-19(17)21(24-27)14-5-6-22-13-15(14)20(18)23-7-8-26(16)11-12-28/h3-6,13,28H,7-12H2,1-2H3. The number of β-amino-alcohol motifs (C(OH)–C–C–N with tert-alkyl or cyclic N) is 1. The molecule has 28 heavy (non-hydrogen) atoms. The third-order valence-corrected chi connectivity index (χ3v) is 5.57. The van der Waals surface area contributed by atoms with Gasteiger partial charge in [-0.15, -0.1) is 0 Å². The van der Waals surface area contributed by atoms with Gasteiger partial charge in [0.25, 0.3) is 0 Å². The molecule has 0 fully saturated rings. The van der Waals surface area contributed by atoms with Crippen molar-refractivity contribution in [3.63, 3.8) is 0 Å². The zero-order valence-electron chi connectivity index (χ0n) is 16.3. The molecule has 0 radical (unpaired) electrons. The SMILES string of the molecule is CN(C)CCn1nc2c3ccncc3c3c4c(ccc1c42)N(CCO)CCN=3. The maximum Gasteiger partial charge on any atom is 0.102 e. The normalized spacial score (nSPS) is 14.4. The van der Waals surface area contributed by atoms with Gasteiger partial charge in [0, 0.05) is 59.3 Å². The Morgan fingerprint density at radius 3 is 2.82 bits per heavy atom. The van der Waals surface area contributed by atoms with Crippen LogP contribution in [0.25, 0.3) is 32.6 Å². The van der Waals surface area contributed by atoms with Crippen molar-refractivity contribution >= 4 is 38.3 Å². The van der Waals surface area contributed by atoms with E-state index in [1.165, 1.54) is 5.39 Å². The number of aliphatic hydroxyl groups is 1. The Kier molecular flexibility index (Phi) is 4.14. The first-order valence-corrected chi connectivity index (χ1v) is 9.72. The first kappa shape index (κ1) is 17.3. The van der Waals surface area contributed by atoms with Crippen LogP contribution in [0.1, 0.15) is 0 Å². The number of rotatable bonds is 5. The quantitative estimate of drug-likeness (QED) is 0.534. The number of aromatic nitrogens is 3. The minimum Gasteiger partial charge on any atom is -0.395 e. The molecular formula is C21H24N6O. The summed E-state index contributed by atoms with van der Waals surface area (Å²) in [6, 6.07) is 6.37. The molecule has 2 aromatic carbocycles. The molecule has 2 aromatic heterocycles. The van der Waals surface area contributed by atoms with E-state index in [4.69, 9.17) is 10.1 Å². The van der Waals surface area contributed by atoms with Crippen molar-refractivity contribution in [2.24, 2.45) is 4.99 Å². The molecule has 0 spiro atoms. The van der Waals surface area contributed by atoms with Crippen LogP contribution >= 0.6 is 0 Å². The molecule has 1 N–H and O–H groups in total. The highest BCUT2D eigenvalue weighted by Crippen LogP contribution is 2.36. The fraction of sp³-hybridized carbons (Fsp3) is 0.381. The minimum atomic E-state index is 0.125. The Morgan fingerprint density at radius 1 is 1.11 bits per heavy atom. The van der Waals surface area contributed by atoms with Gasteiger partial charge in [-0.3, -0.25) is 14.7 Å². The molecule has 1 aliphatic heterocycles. The van der Waals surface area contributed by atoms with Crippen molar-refractivity contribution in [1.82, 2.24) is 19.7 Å². The summed E-state index contributed by atoms with van der Waals surface area (Å²) in [6.07, 6.45) is 3.73. The van der Waals surface area contributed by atoms with Gasteiger partial charge in [-0.1, -0.05) is 0 Å². The fourth-order valence-electron chi connectivity index (χ4n) is 4.26. The molecule has 0 unspecified atom stereocenters. The molecule has 3 heterocycles. The number of pyridine rings is 1. The molecule has 5 rings (SSSR count). The smallest absolute Gasteiger partial charge is 0.102 e. The van der Waals surface area contributed by atoms with Crippen molar-refractivity contribution in [3.8, 4) is 0 Å². The zero-order chi connectivity index (χ0) is 19.3. The van der Waals surface area contributed by atoms with Gasteiger partial charge in [0.05, 0.1) is 30.6 Å². The van der Waals surface area contributed by atoms with E-state index >= 15 is 0 Å². The summed E-state index contributed by atoms with van der Waals surface area (Å²) in [6.45, 7) is 3.97. The number of aliphatic hydroxyl groups excluding tert-OH is 1. The number of hydrogen-bond donors (Lipinski definition) is 1. The highest BCUT2D eigenvalue weighted by atomic mass is 16.3. The summed E-state index contributed by atoms with van der Waals surface area (Å²) in [5, 5.41) is 20.0. The van der Waals surface area contributed by atoms with Crippen LogP contribution < -0.4 is 10.3 Å². The summed E-state index contributed by atoms with van der Waals surface area (Å²) in [7, 11) is 4.16. The van der Waals surface area contributed by atoms with Crippen molar-refractivity contribution in [1.29, 1.82) is 0 Å². The lowest BCUT2D eigenvalue weighted by Crippen LogP contribution is -2.28. The maximum atomic E-state index is 9.56. The number of nitrogens with zero attached hydrogens (tertiary/aromatic N) is 6. The molecule has 0 amide bonds. The topological polar surface area (TPSA) is 69.8 Å². The summed E-state index contributed by atoms with van der Waals surface area (Å²) in [5.74, 6) is 0. The largest absolute Gasteiger partial charge is 0.395 e. The number of hydrogen-bond acceptors (Lipinski definition) is 6. The number of anilines is 1. The third-order valence-electron chi connectivity index (χ3n) is 5.57. The highest BCUT2D eigenvalue weighted by molar-refractivity contribution is 6.22. The van der Waals surface area contributed by atoms with Gasteiger partial charge >= 0.3 is 0 Å².